The molecule has 1 aromatic rings. The van der Waals surface area contributed by atoms with E-state index in [0.29, 0.717) is 13.1 Å². The first-order valence-corrected chi connectivity index (χ1v) is 8.92. The minimum Gasteiger partial charge on any atom is -0.393 e. The maximum Gasteiger partial charge on any atom is 0.317 e. The predicted molar refractivity (Wildman–Crippen MR) is 97.2 cm³/mol. The van der Waals surface area contributed by atoms with Crippen LogP contribution in [0.2, 0.25) is 0 Å². The number of hydrogen-bond acceptors (Lipinski definition) is 3. The summed E-state index contributed by atoms with van der Waals surface area (Å²) in [6.45, 7) is 1.31. The van der Waals surface area contributed by atoms with E-state index in [1.807, 2.05) is 18.2 Å². The Balaban J connectivity index is 1.69. The average molecular weight is 347 g/mol. The van der Waals surface area contributed by atoms with E-state index in [9.17, 15) is 14.7 Å². The molecule has 138 valence electrons. The zero-order chi connectivity index (χ0) is 18.2. The number of nitrogens with zero attached hydrogens (tertiary/aromatic N) is 2. The van der Waals surface area contributed by atoms with Gasteiger partial charge in [0.05, 0.1) is 12.6 Å². The molecule has 1 heterocycles. The molecular formula is C19H29N3O3. The Kier molecular flexibility index (Phi) is 7.25. The smallest absolute Gasteiger partial charge is 0.317 e. The van der Waals surface area contributed by atoms with Crippen LogP contribution >= 0.6 is 0 Å². The maximum atomic E-state index is 12.1. The summed E-state index contributed by atoms with van der Waals surface area (Å²) in [5.74, 6) is 0.177. The molecule has 6 nitrogen and oxygen atoms in total. The fourth-order valence-electron chi connectivity index (χ4n) is 3.15. The summed E-state index contributed by atoms with van der Waals surface area (Å²) in [5.41, 5.74) is 1.24. The fourth-order valence-corrected chi connectivity index (χ4v) is 3.15. The lowest BCUT2D eigenvalue weighted by molar-refractivity contribution is -0.132. The van der Waals surface area contributed by atoms with Crippen molar-refractivity contribution < 1.29 is 14.7 Å². The van der Waals surface area contributed by atoms with Gasteiger partial charge in [-0.15, -0.1) is 0 Å². The molecular weight excluding hydrogens is 318 g/mol. The highest BCUT2D eigenvalue weighted by molar-refractivity contribution is 5.83. The number of aliphatic hydroxyl groups is 1. The molecule has 3 amide bonds. The highest BCUT2D eigenvalue weighted by atomic mass is 16.3. The van der Waals surface area contributed by atoms with Crippen molar-refractivity contribution in [1.29, 1.82) is 0 Å². The number of carbonyl (C=O) groups excluding carboxylic acids is 2. The average Bonchev–Trinajstić information content (AvgIpc) is 2.64. The number of nitrogens with one attached hydrogen (secondary N) is 1. The second kappa shape index (κ2) is 9.42. The Morgan fingerprint density at radius 2 is 1.88 bits per heavy atom. The third-order valence-corrected chi connectivity index (χ3v) is 4.81. The summed E-state index contributed by atoms with van der Waals surface area (Å²) in [6, 6.07) is 9.92. The first-order valence-electron chi connectivity index (χ1n) is 8.92. The molecule has 6 heteroatoms. The molecule has 2 rings (SSSR count). The van der Waals surface area contributed by atoms with Crippen LogP contribution in [0.15, 0.2) is 30.3 Å². The minimum absolute atomic E-state index is 0.0260. The lowest BCUT2D eigenvalue weighted by Gasteiger charge is -2.34. The number of piperidine rings is 1. The monoisotopic (exact) mass is 347 g/mol. The zero-order valence-electron chi connectivity index (χ0n) is 15.1. The lowest BCUT2D eigenvalue weighted by atomic mass is 9.88. The number of benzene rings is 1. The zero-order valence-corrected chi connectivity index (χ0v) is 15.1. The molecule has 0 spiro atoms. The lowest BCUT2D eigenvalue weighted by Crippen LogP contribution is -2.47. The Morgan fingerprint density at radius 1 is 1.24 bits per heavy atom. The van der Waals surface area contributed by atoms with Crippen molar-refractivity contribution in [3.05, 3.63) is 35.9 Å². The van der Waals surface area contributed by atoms with Crippen LogP contribution in [0.5, 0.6) is 0 Å². The quantitative estimate of drug-likeness (QED) is 0.819. The van der Waals surface area contributed by atoms with Gasteiger partial charge < -0.3 is 20.2 Å². The van der Waals surface area contributed by atoms with Gasteiger partial charge in [0.25, 0.3) is 0 Å². The highest BCUT2D eigenvalue weighted by Crippen LogP contribution is 2.23. The van der Waals surface area contributed by atoms with Crippen LogP contribution in [0, 0.1) is 5.92 Å². The molecule has 0 aliphatic carbocycles. The van der Waals surface area contributed by atoms with Crippen molar-refractivity contribution in [2.75, 3.05) is 33.7 Å². The molecule has 1 aliphatic rings. The number of amides is 3. The molecule has 1 unspecified atom stereocenters. The van der Waals surface area contributed by atoms with E-state index in [-0.39, 0.29) is 30.5 Å². The van der Waals surface area contributed by atoms with Crippen LogP contribution in [-0.2, 0) is 11.2 Å². The summed E-state index contributed by atoms with van der Waals surface area (Å²) in [6.07, 6.45) is 2.91. The number of carbonyl (C=O) groups is 2. The van der Waals surface area contributed by atoms with Gasteiger partial charge in [0, 0.05) is 27.2 Å². The van der Waals surface area contributed by atoms with Gasteiger partial charge in [-0.25, -0.2) is 4.79 Å². The number of aliphatic hydroxyl groups excluding tert-OH is 1. The number of aryl methyl sites for hydroxylation is 1. The van der Waals surface area contributed by atoms with Crippen LogP contribution in [0.3, 0.4) is 0 Å². The van der Waals surface area contributed by atoms with E-state index >= 15 is 0 Å². The fraction of sp³-hybridized carbons (Fsp3) is 0.579. The molecule has 1 aromatic carbocycles. The first-order chi connectivity index (χ1) is 12.0. The number of rotatable bonds is 6. The maximum absolute atomic E-state index is 12.1. The van der Waals surface area contributed by atoms with E-state index in [1.165, 1.54) is 10.5 Å². The second-order valence-corrected chi connectivity index (χ2v) is 6.86. The standard InChI is InChI=1S/C19H29N3O3/c1-21(2)19(25)20-14-18(24)22-12-10-16(11-13-22)17(23)9-8-15-6-4-3-5-7-15/h3-7,16-17,23H,8-14H2,1-2H3,(H,20,25). The van der Waals surface area contributed by atoms with Gasteiger partial charge in [-0.2, -0.15) is 0 Å². The van der Waals surface area contributed by atoms with Gasteiger partial charge in [0.1, 0.15) is 0 Å². The molecule has 0 radical (unpaired) electrons. The summed E-state index contributed by atoms with van der Waals surface area (Å²) >= 11 is 0. The summed E-state index contributed by atoms with van der Waals surface area (Å²) in [4.78, 5) is 26.8. The van der Waals surface area contributed by atoms with Crippen molar-refractivity contribution in [2.45, 2.75) is 31.8 Å². The molecule has 25 heavy (non-hydrogen) atoms. The van der Waals surface area contributed by atoms with E-state index in [4.69, 9.17) is 0 Å². The number of urea groups is 1. The molecule has 0 aromatic heterocycles. The highest BCUT2D eigenvalue weighted by Gasteiger charge is 2.27. The molecule has 1 saturated heterocycles. The Labute approximate surface area is 149 Å². The Hall–Kier alpha value is -2.08. The van der Waals surface area contributed by atoms with E-state index in [0.717, 1.165) is 25.7 Å². The van der Waals surface area contributed by atoms with Crippen LogP contribution < -0.4 is 5.32 Å². The van der Waals surface area contributed by atoms with Crippen molar-refractivity contribution in [2.24, 2.45) is 5.92 Å². The molecule has 1 fully saturated rings. The third kappa shape index (κ3) is 6.05. The molecule has 1 aliphatic heterocycles. The van der Waals surface area contributed by atoms with Crippen LogP contribution in [0.4, 0.5) is 4.79 Å². The van der Waals surface area contributed by atoms with Crippen molar-refractivity contribution in [1.82, 2.24) is 15.1 Å². The number of hydrogen-bond donors (Lipinski definition) is 2. The SMILES string of the molecule is CN(C)C(=O)NCC(=O)N1CCC(C(O)CCc2ccccc2)CC1. The normalized spacial score (nSPS) is 16.4. The number of likely N-dealkylation sites (tertiary alicyclic amines) is 1. The van der Waals surface area contributed by atoms with Crippen molar-refractivity contribution in [3.8, 4) is 0 Å². The predicted octanol–water partition coefficient (Wildman–Crippen LogP) is 1.49. The van der Waals surface area contributed by atoms with Gasteiger partial charge in [-0.3, -0.25) is 4.79 Å². The van der Waals surface area contributed by atoms with Crippen LogP contribution in [0.1, 0.15) is 24.8 Å². The van der Waals surface area contributed by atoms with Gasteiger partial charge in [-0.05, 0) is 37.2 Å². The van der Waals surface area contributed by atoms with Gasteiger partial charge >= 0.3 is 6.03 Å². The summed E-state index contributed by atoms with van der Waals surface area (Å²) in [7, 11) is 3.28. The molecule has 1 atom stereocenters. The van der Waals surface area contributed by atoms with Crippen LogP contribution in [0.25, 0.3) is 0 Å². The topological polar surface area (TPSA) is 72.9 Å². The van der Waals surface area contributed by atoms with Crippen molar-refractivity contribution >= 4 is 11.9 Å². The third-order valence-electron chi connectivity index (χ3n) is 4.81. The molecule has 0 bridgehead atoms. The van der Waals surface area contributed by atoms with Gasteiger partial charge in [-0.1, -0.05) is 30.3 Å². The summed E-state index contributed by atoms with van der Waals surface area (Å²) < 4.78 is 0. The Bertz CT molecular complexity index is 554. The Morgan fingerprint density at radius 3 is 2.48 bits per heavy atom. The molecule has 2 N–H and O–H groups in total. The molecule has 0 saturated carbocycles. The largest absolute Gasteiger partial charge is 0.393 e. The van der Waals surface area contributed by atoms with Gasteiger partial charge in [0.2, 0.25) is 5.91 Å². The van der Waals surface area contributed by atoms with Gasteiger partial charge in [0.15, 0.2) is 0 Å². The van der Waals surface area contributed by atoms with E-state index < -0.39 is 0 Å². The van der Waals surface area contributed by atoms with E-state index in [2.05, 4.69) is 17.4 Å². The van der Waals surface area contributed by atoms with E-state index in [1.54, 1.807) is 19.0 Å². The van der Waals surface area contributed by atoms with Crippen LogP contribution in [-0.4, -0.2) is 66.7 Å². The minimum atomic E-state index is -0.328. The van der Waals surface area contributed by atoms with Crippen molar-refractivity contribution in [3.63, 3.8) is 0 Å². The first kappa shape index (κ1) is 19.2. The summed E-state index contributed by atoms with van der Waals surface area (Å²) in [5, 5.41) is 13.0. The second-order valence-electron chi connectivity index (χ2n) is 6.86.